The lowest BCUT2D eigenvalue weighted by atomic mass is 10.1. The number of hydrogen-bond acceptors (Lipinski definition) is 8. The van der Waals surface area contributed by atoms with Crippen LogP contribution in [0.2, 0.25) is 5.02 Å². The van der Waals surface area contributed by atoms with E-state index in [0.717, 1.165) is 51.8 Å². The van der Waals surface area contributed by atoms with Crippen LogP contribution in [0.1, 0.15) is 65.2 Å². The molecule has 0 amide bonds. The van der Waals surface area contributed by atoms with Crippen LogP contribution in [0.4, 0.5) is 17.1 Å². The van der Waals surface area contributed by atoms with Crippen LogP contribution in [-0.2, 0) is 0 Å². The van der Waals surface area contributed by atoms with Crippen LogP contribution in [0, 0.1) is 0 Å². The molecule has 256 valence electrons. The predicted octanol–water partition coefficient (Wildman–Crippen LogP) is 10.5. The molecule has 0 saturated carbocycles. The molecule has 0 bridgehead atoms. The van der Waals surface area contributed by atoms with Gasteiger partial charge in [-0.05, 0) is 79.1 Å². The number of benzene rings is 3. The first-order chi connectivity index (χ1) is 24.0. The Bertz CT molecular complexity index is 1830. The maximum absolute atomic E-state index is 12.4. The van der Waals surface area contributed by atoms with Crippen molar-refractivity contribution in [3.05, 3.63) is 98.3 Å². The van der Waals surface area contributed by atoms with Crippen LogP contribution in [0.5, 0.6) is 23.0 Å². The second-order valence-electron chi connectivity index (χ2n) is 12.2. The van der Waals surface area contributed by atoms with Crippen LogP contribution < -0.4 is 34.7 Å². The first-order valence-corrected chi connectivity index (χ1v) is 18.5. The average molecular weight is 700 g/mol. The van der Waals surface area contributed by atoms with Gasteiger partial charge in [0.15, 0.2) is 11.5 Å². The van der Waals surface area contributed by atoms with E-state index in [-0.39, 0.29) is 10.6 Å². The summed E-state index contributed by atoms with van der Waals surface area (Å²) in [5.41, 5.74) is 2.77. The minimum atomic E-state index is -0.667. The van der Waals surface area contributed by atoms with E-state index in [1.54, 1.807) is 0 Å². The van der Waals surface area contributed by atoms with Crippen molar-refractivity contribution in [1.82, 2.24) is 0 Å². The Morgan fingerprint density at radius 1 is 0.633 bits per heavy atom. The number of nitrogens with zero attached hydrogens (tertiary/aromatic N) is 1. The lowest BCUT2D eigenvalue weighted by molar-refractivity contribution is 0.175. The topological polar surface area (TPSA) is 74.3 Å². The van der Waals surface area contributed by atoms with E-state index < -0.39 is 10.9 Å². The van der Waals surface area contributed by atoms with Gasteiger partial charge in [0.2, 0.25) is 10.9 Å². The van der Waals surface area contributed by atoms with Gasteiger partial charge in [0, 0.05) is 17.1 Å². The molecule has 49 heavy (non-hydrogen) atoms. The Balaban J connectivity index is 1.28. The second-order valence-corrected chi connectivity index (χ2v) is 13.5. The molecule has 4 aromatic carbocycles. The molecule has 0 radical (unpaired) electrons. The summed E-state index contributed by atoms with van der Waals surface area (Å²) >= 11 is 7.52. The minimum absolute atomic E-state index is 0.0541. The highest BCUT2D eigenvalue weighted by molar-refractivity contribution is 7.19. The summed E-state index contributed by atoms with van der Waals surface area (Å²) in [4.78, 5) is 27.8. The molecule has 0 aliphatic carbocycles. The molecule has 0 N–H and O–H groups in total. The van der Waals surface area contributed by atoms with Crippen molar-refractivity contribution in [3.8, 4) is 43.9 Å². The third-order valence-corrected chi connectivity index (χ3v) is 10.2. The van der Waals surface area contributed by atoms with Gasteiger partial charge in [-0.2, -0.15) is 0 Å². The number of halogens is 1. The number of unbranched alkanes of at least 4 members (excludes halogenated alkanes) is 6. The normalized spacial score (nSPS) is 12.3. The number of thiophene rings is 1. The van der Waals surface area contributed by atoms with Crippen LogP contribution in [-0.4, -0.2) is 26.4 Å². The van der Waals surface area contributed by atoms with Gasteiger partial charge in [-0.25, -0.2) is 0 Å². The van der Waals surface area contributed by atoms with Gasteiger partial charge < -0.3 is 23.8 Å². The maximum Gasteiger partial charge on any atom is 0.245 e. The maximum atomic E-state index is 12.4. The fourth-order valence-corrected chi connectivity index (χ4v) is 7.47. The lowest BCUT2D eigenvalue weighted by Crippen LogP contribution is -2.33. The summed E-state index contributed by atoms with van der Waals surface area (Å²) in [5, 5.41) is -0.0541. The largest absolute Gasteiger partial charge is 0.494 e. The fourth-order valence-electron chi connectivity index (χ4n) is 5.90. The van der Waals surface area contributed by atoms with Gasteiger partial charge in [0.1, 0.15) is 29.7 Å². The Kier molecular flexibility index (Phi) is 11.6. The molecule has 1 aromatic heterocycles. The van der Waals surface area contributed by atoms with Crippen molar-refractivity contribution >= 4 is 40.0 Å². The Morgan fingerprint density at radius 3 is 1.57 bits per heavy atom. The summed E-state index contributed by atoms with van der Waals surface area (Å²) in [6.45, 7) is 6.57. The summed E-state index contributed by atoms with van der Waals surface area (Å²) in [6, 6.07) is 24.6. The molecule has 0 unspecified atom stereocenters. The monoisotopic (exact) mass is 699 g/mol. The molecule has 0 atom stereocenters. The highest BCUT2D eigenvalue weighted by Crippen LogP contribution is 2.54. The van der Waals surface area contributed by atoms with Crippen LogP contribution in [0.3, 0.4) is 0 Å². The molecule has 7 nitrogen and oxygen atoms in total. The number of anilines is 3. The van der Waals surface area contributed by atoms with Crippen molar-refractivity contribution in [1.29, 1.82) is 0 Å². The molecule has 1 aliphatic heterocycles. The molecule has 2 heterocycles. The number of ether oxygens (including phenoxy) is 4. The highest BCUT2D eigenvalue weighted by atomic mass is 35.5. The van der Waals surface area contributed by atoms with Crippen molar-refractivity contribution in [2.24, 2.45) is 0 Å². The van der Waals surface area contributed by atoms with Gasteiger partial charge in [0.05, 0.1) is 28.5 Å². The van der Waals surface area contributed by atoms with Gasteiger partial charge in [-0.15, -0.1) is 11.3 Å². The van der Waals surface area contributed by atoms with E-state index in [1.807, 2.05) is 36.4 Å². The quantitative estimate of drug-likeness (QED) is 0.0706. The van der Waals surface area contributed by atoms with Crippen LogP contribution >= 0.6 is 22.9 Å². The fraction of sp³-hybridized carbons (Fsp3) is 0.350. The van der Waals surface area contributed by atoms with Gasteiger partial charge in [-0.1, -0.05) is 76.1 Å². The van der Waals surface area contributed by atoms with E-state index in [0.29, 0.717) is 42.8 Å². The summed E-state index contributed by atoms with van der Waals surface area (Å²) in [5.74, 6) is 2.73. The molecule has 6 rings (SSSR count). The molecular weight excluding hydrogens is 658 g/mol. The van der Waals surface area contributed by atoms with Crippen molar-refractivity contribution < 1.29 is 18.9 Å². The molecule has 9 heteroatoms. The van der Waals surface area contributed by atoms with Crippen LogP contribution in [0.15, 0.2) is 82.4 Å². The molecule has 0 saturated heterocycles. The summed E-state index contributed by atoms with van der Waals surface area (Å²) in [6.07, 6.45) is 9.30. The summed E-state index contributed by atoms with van der Waals surface area (Å²) < 4.78 is 24.0. The van der Waals surface area contributed by atoms with Gasteiger partial charge >= 0.3 is 0 Å². The number of fused-ring (bicyclic) bond motifs is 1. The molecule has 1 aliphatic rings. The van der Waals surface area contributed by atoms with E-state index in [2.05, 4.69) is 55.1 Å². The zero-order chi connectivity index (χ0) is 34.2. The molecule has 0 spiro atoms. The van der Waals surface area contributed by atoms with Crippen molar-refractivity contribution in [2.45, 2.75) is 65.2 Å². The zero-order valence-electron chi connectivity index (χ0n) is 28.1. The first kappa shape index (κ1) is 34.6. The SMILES string of the molecule is CCCCCCOc1ccc(N(c2ccc(OCCCCCC)cc2)c2ccc(-c3sc(-c4c(Cl)c(=O)c4=O)c4c3OCCO4)cc2)cc1. The van der Waals surface area contributed by atoms with Gasteiger partial charge in [-0.3, -0.25) is 9.59 Å². The molecular formula is C40H42ClNO6S. The third kappa shape index (κ3) is 7.81. The number of rotatable bonds is 17. The second kappa shape index (κ2) is 16.4. The highest BCUT2D eigenvalue weighted by Gasteiger charge is 2.32. The minimum Gasteiger partial charge on any atom is -0.494 e. The van der Waals surface area contributed by atoms with Crippen molar-refractivity contribution in [2.75, 3.05) is 31.3 Å². The molecule has 0 fully saturated rings. The Hall–Kier alpha value is -4.27. The Labute approximate surface area is 296 Å². The standard InChI is InChI=1S/C40H42ClNO6S/c1-3-5-7-9-23-45-31-19-15-29(16-20-31)42(30-17-21-32(22-18-30)46-24-10-8-6-4-2)28-13-11-27(12-14-28)39-37-38(48-26-25-47-37)40(49-39)33-34(41)36(44)35(33)43/h11-22H,3-10,23-26H2,1-2H3. The smallest absolute Gasteiger partial charge is 0.245 e. The lowest BCUT2D eigenvalue weighted by Gasteiger charge is -2.26. The first-order valence-electron chi connectivity index (χ1n) is 17.3. The zero-order valence-corrected chi connectivity index (χ0v) is 29.7. The van der Waals surface area contributed by atoms with Gasteiger partial charge in [0.25, 0.3) is 0 Å². The molecule has 5 aromatic rings. The predicted molar refractivity (Wildman–Crippen MR) is 200 cm³/mol. The van der Waals surface area contributed by atoms with E-state index in [4.69, 9.17) is 30.5 Å². The third-order valence-electron chi connectivity index (χ3n) is 8.59. The van der Waals surface area contributed by atoms with Crippen LogP contribution in [0.25, 0.3) is 20.9 Å². The van der Waals surface area contributed by atoms with E-state index >= 15 is 0 Å². The summed E-state index contributed by atoms with van der Waals surface area (Å²) in [7, 11) is 0. The number of hydrogen-bond donors (Lipinski definition) is 0. The average Bonchev–Trinajstić information content (AvgIpc) is 3.51. The Morgan fingerprint density at radius 2 is 1.10 bits per heavy atom. The van der Waals surface area contributed by atoms with E-state index in [1.165, 1.54) is 49.9 Å². The van der Waals surface area contributed by atoms with E-state index in [9.17, 15) is 9.59 Å². The van der Waals surface area contributed by atoms with Crippen molar-refractivity contribution in [3.63, 3.8) is 0 Å².